The highest BCUT2D eigenvalue weighted by Crippen LogP contribution is 2.29. The van der Waals surface area contributed by atoms with Crippen molar-refractivity contribution in [2.45, 2.75) is 40.2 Å². The highest BCUT2D eigenvalue weighted by Gasteiger charge is 2.13. The Morgan fingerprint density at radius 2 is 1.83 bits per heavy atom. The first-order valence-electron chi connectivity index (χ1n) is 11.9. The second-order valence-corrected chi connectivity index (χ2v) is 9.06. The van der Waals surface area contributed by atoms with Gasteiger partial charge in [0.1, 0.15) is 23.9 Å². The highest BCUT2D eigenvalue weighted by molar-refractivity contribution is 6.32. The Balaban J connectivity index is 1.65. The van der Waals surface area contributed by atoms with E-state index in [0.29, 0.717) is 59.4 Å². The van der Waals surface area contributed by atoms with Crippen molar-refractivity contribution >= 4 is 34.1 Å². The summed E-state index contributed by atoms with van der Waals surface area (Å²) >= 11 is 6.35. The lowest BCUT2D eigenvalue weighted by Crippen LogP contribution is -2.07. The summed E-state index contributed by atoms with van der Waals surface area (Å²) in [6, 6.07) is 15.3. The molecule has 4 rings (SSSR count). The van der Waals surface area contributed by atoms with Gasteiger partial charge in [-0.3, -0.25) is 4.98 Å². The van der Waals surface area contributed by atoms with Crippen LogP contribution >= 0.6 is 11.6 Å². The van der Waals surface area contributed by atoms with Crippen molar-refractivity contribution in [2.75, 3.05) is 18.5 Å². The van der Waals surface area contributed by atoms with Crippen LogP contribution in [0.3, 0.4) is 0 Å². The van der Waals surface area contributed by atoms with Gasteiger partial charge >= 0.3 is 0 Å². The fourth-order valence-electron chi connectivity index (χ4n) is 3.41. The fraction of sp³-hybridized carbons (Fsp3) is 0.333. The number of anilines is 2. The molecule has 0 aliphatic heterocycles. The third-order valence-electron chi connectivity index (χ3n) is 5.17. The van der Waals surface area contributed by atoms with Crippen molar-refractivity contribution in [1.82, 2.24) is 19.9 Å². The van der Waals surface area contributed by atoms with Crippen molar-refractivity contribution in [3.05, 3.63) is 65.6 Å². The number of pyridine rings is 2. The van der Waals surface area contributed by atoms with Crippen LogP contribution < -0.4 is 10.1 Å². The Bertz CT molecular complexity index is 1260. The molecule has 8 heteroatoms. The molecule has 7 nitrogen and oxygen atoms in total. The minimum Gasteiger partial charge on any atom is -0.494 e. The summed E-state index contributed by atoms with van der Waals surface area (Å²) in [7, 11) is 0. The summed E-state index contributed by atoms with van der Waals surface area (Å²) in [4.78, 5) is 18.5. The van der Waals surface area contributed by atoms with E-state index in [1.54, 1.807) is 18.3 Å². The monoisotopic (exact) mass is 491 g/mol. The number of benzene rings is 1. The molecule has 1 aromatic carbocycles. The van der Waals surface area contributed by atoms with Crippen LogP contribution in [0.25, 0.3) is 22.4 Å². The summed E-state index contributed by atoms with van der Waals surface area (Å²) in [5.41, 5.74) is 2.69. The van der Waals surface area contributed by atoms with Crippen LogP contribution in [-0.4, -0.2) is 33.1 Å². The van der Waals surface area contributed by atoms with Gasteiger partial charge in [0.15, 0.2) is 11.5 Å². The lowest BCUT2D eigenvalue weighted by Gasteiger charge is -2.13. The Morgan fingerprint density at radius 3 is 2.57 bits per heavy atom. The van der Waals surface area contributed by atoms with E-state index in [1.165, 1.54) is 0 Å². The summed E-state index contributed by atoms with van der Waals surface area (Å²) in [6.07, 6.45) is 3.83. The molecular weight excluding hydrogens is 462 g/mol. The molecule has 0 fully saturated rings. The minimum atomic E-state index is 0.295. The lowest BCUT2D eigenvalue weighted by atomic mass is 10.2. The van der Waals surface area contributed by atoms with Crippen LogP contribution in [0.5, 0.6) is 5.75 Å². The zero-order chi connectivity index (χ0) is 24.6. The lowest BCUT2D eigenvalue weighted by molar-refractivity contribution is 0.0925. The molecular formula is C27H30ClN5O2. The number of rotatable bonds is 11. The van der Waals surface area contributed by atoms with E-state index in [2.05, 4.69) is 36.1 Å². The molecule has 3 heterocycles. The Kier molecular flexibility index (Phi) is 8.45. The van der Waals surface area contributed by atoms with Crippen molar-refractivity contribution < 1.29 is 9.47 Å². The van der Waals surface area contributed by atoms with Crippen molar-refractivity contribution in [3.63, 3.8) is 0 Å². The molecule has 0 amide bonds. The van der Waals surface area contributed by atoms with E-state index >= 15 is 0 Å². The zero-order valence-corrected chi connectivity index (χ0v) is 21.0. The van der Waals surface area contributed by atoms with Crippen molar-refractivity contribution in [3.8, 4) is 17.1 Å². The molecule has 0 aliphatic rings. The summed E-state index contributed by atoms with van der Waals surface area (Å²) in [5, 5.41) is 4.73. The smallest absolute Gasteiger partial charge is 0.165 e. The van der Waals surface area contributed by atoms with Gasteiger partial charge in [-0.2, -0.15) is 0 Å². The molecule has 0 unspecified atom stereocenters. The Labute approximate surface area is 210 Å². The predicted octanol–water partition coefficient (Wildman–Crippen LogP) is 6.84. The van der Waals surface area contributed by atoms with Crippen molar-refractivity contribution in [1.29, 1.82) is 0 Å². The zero-order valence-electron chi connectivity index (χ0n) is 20.3. The van der Waals surface area contributed by atoms with Crippen LogP contribution in [0.15, 0.2) is 54.7 Å². The summed E-state index contributed by atoms with van der Waals surface area (Å²) in [5.74, 6) is 2.47. The SMILES string of the molecule is CCCCOc1ccc(Nc2nc(COCC(C)C)nc3nc(-c4ncccc4Cl)ccc23)cc1. The van der Waals surface area contributed by atoms with E-state index in [1.807, 2.05) is 36.4 Å². The normalized spacial score (nSPS) is 11.2. The molecule has 0 saturated heterocycles. The van der Waals surface area contributed by atoms with Gasteiger partial charge in [0, 0.05) is 18.5 Å². The molecule has 3 aromatic heterocycles. The van der Waals surface area contributed by atoms with Gasteiger partial charge in [0.05, 0.1) is 22.7 Å². The maximum atomic E-state index is 6.35. The second-order valence-electron chi connectivity index (χ2n) is 8.65. The number of nitrogens with one attached hydrogen (secondary N) is 1. The number of aromatic nitrogens is 4. The summed E-state index contributed by atoms with van der Waals surface area (Å²) in [6.45, 7) is 7.99. The Morgan fingerprint density at radius 1 is 1.00 bits per heavy atom. The molecule has 4 aromatic rings. The third-order valence-corrected chi connectivity index (χ3v) is 5.48. The maximum Gasteiger partial charge on any atom is 0.165 e. The van der Waals surface area contributed by atoms with E-state index in [9.17, 15) is 0 Å². The minimum absolute atomic E-state index is 0.295. The van der Waals surface area contributed by atoms with E-state index in [0.717, 1.165) is 29.7 Å². The molecule has 0 bridgehead atoms. The first kappa shape index (κ1) is 24.8. The maximum absolute atomic E-state index is 6.35. The number of hydrogen-bond donors (Lipinski definition) is 1. The topological polar surface area (TPSA) is 82.0 Å². The molecule has 0 aliphatic carbocycles. The van der Waals surface area contributed by atoms with E-state index in [-0.39, 0.29) is 0 Å². The van der Waals surface area contributed by atoms with Gasteiger partial charge in [0.2, 0.25) is 0 Å². The number of fused-ring (bicyclic) bond motifs is 1. The van der Waals surface area contributed by atoms with Gasteiger partial charge in [-0.25, -0.2) is 15.0 Å². The number of halogens is 1. The van der Waals surface area contributed by atoms with Crippen LogP contribution in [0.1, 0.15) is 39.4 Å². The average Bonchev–Trinajstić information content (AvgIpc) is 2.85. The molecule has 35 heavy (non-hydrogen) atoms. The van der Waals surface area contributed by atoms with Gasteiger partial charge in [-0.15, -0.1) is 0 Å². The van der Waals surface area contributed by atoms with Crippen LogP contribution in [0.4, 0.5) is 11.5 Å². The molecule has 182 valence electrons. The van der Waals surface area contributed by atoms with Crippen LogP contribution in [0, 0.1) is 5.92 Å². The third kappa shape index (κ3) is 6.65. The number of nitrogens with zero attached hydrogens (tertiary/aromatic N) is 4. The number of hydrogen-bond acceptors (Lipinski definition) is 7. The van der Waals surface area contributed by atoms with Gasteiger partial charge in [-0.05, 0) is 60.9 Å². The molecule has 0 atom stereocenters. The van der Waals surface area contributed by atoms with E-state index in [4.69, 9.17) is 31.0 Å². The molecule has 0 radical (unpaired) electrons. The van der Waals surface area contributed by atoms with Gasteiger partial charge < -0.3 is 14.8 Å². The fourth-order valence-corrected chi connectivity index (χ4v) is 3.63. The molecule has 0 spiro atoms. The molecule has 0 saturated carbocycles. The van der Waals surface area contributed by atoms with Crippen LogP contribution in [0.2, 0.25) is 5.02 Å². The van der Waals surface area contributed by atoms with Gasteiger partial charge in [-0.1, -0.05) is 38.8 Å². The van der Waals surface area contributed by atoms with Gasteiger partial charge in [0.25, 0.3) is 0 Å². The Hall–Kier alpha value is -3.29. The number of ether oxygens (including phenoxy) is 2. The predicted molar refractivity (Wildman–Crippen MR) is 140 cm³/mol. The van der Waals surface area contributed by atoms with E-state index < -0.39 is 0 Å². The molecule has 1 N–H and O–H groups in total. The average molecular weight is 492 g/mol. The second kappa shape index (κ2) is 11.9. The first-order chi connectivity index (χ1) is 17.0. The van der Waals surface area contributed by atoms with Crippen LogP contribution in [-0.2, 0) is 11.3 Å². The quantitative estimate of drug-likeness (QED) is 0.230. The highest BCUT2D eigenvalue weighted by atomic mass is 35.5. The summed E-state index contributed by atoms with van der Waals surface area (Å²) < 4.78 is 11.6. The first-order valence-corrected chi connectivity index (χ1v) is 12.3. The largest absolute Gasteiger partial charge is 0.494 e. The number of unbranched alkanes of at least 4 members (excludes halogenated alkanes) is 1. The van der Waals surface area contributed by atoms with Crippen molar-refractivity contribution in [2.24, 2.45) is 5.92 Å². The standard InChI is InChI=1S/C27H30ClN5O2/c1-4-5-15-35-20-10-8-19(9-11-20)30-26-21-12-13-23(25-22(28)7-6-14-29-25)31-27(21)33-24(32-26)17-34-16-18(2)3/h6-14,18H,4-5,15-17H2,1-3H3,(H,30,31,32,33).